The van der Waals surface area contributed by atoms with Gasteiger partial charge in [-0.1, -0.05) is 73.5 Å². The molecule has 0 aliphatic carbocycles. The minimum Gasteiger partial charge on any atom is -0.458 e. The maximum Gasteiger partial charge on any atom is 0.407 e. The van der Waals surface area contributed by atoms with Crippen molar-refractivity contribution in [2.45, 2.75) is 66.0 Å². The number of hydrogen-bond acceptors (Lipinski definition) is 5. The van der Waals surface area contributed by atoms with E-state index in [1.54, 1.807) is 43.9 Å². The summed E-state index contributed by atoms with van der Waals surface area (Å²) < 4.78 is 11.9. The number of fused-ring (bicyclic) bond motifs is 1. The molecular formula is C36H41ClN2O5. The third-order valence-corrected chi connectivity index (χ3v) is 7.48. The van der Waals surface area contributed by atoms with Crippen molar-refractivity contribution in [3.05, 3.63) is 116 Å². The van der Waals surface area contributed by atoms with Crippen molar-refractivity contribution < 1.29 is 18.7 Å². The van der Waals surface area contributed by atoms with Crippen LogP contribution in [0, 0.1) is 12.8 Å². The Bertz CT molecular complexity index is 1660. The molecule has 1 heterocycles. The first-order valence-corrected chi connectivity index (χ1v) is 15.4. The van der Waals surface area contributed by atoms with Crippen molar-refractivity contribution in [1.82, 2.24) is 10.2 Å². The third-order valence-electron chi connectivity index (χ3n) is 7.24. The van der Waals surface area contributed by atoms with Gasteiger partial charge in [-0.25, -0.2) is 4.79 Å². The molecule has 232 valence electrons. The van der Waals surface area contributed by atoms with Crippen LogP contribution in [0.5, 0.6) is 0 Å². The van der Waals surface area contributed by atoms with Crippen LogP contribution in [0.1, 0.15) is 79.9 Å². The van der Waals surface area contributed by atoms with E-state index in [0.29, 0.717) is 58.8 Å². The monoisotopic (exact) mass is 616 g/mol. The zero-order valence-corrected chi connectivity index (χ0v) is 27.0. The predicted octanol–water partition coefficient (Wildman–Crippen LogP) is 8.10. The number of carbonyl (C=O) groups is 2. The van der Waals surface area contributed by atoms with E-state index in [1.165, 1.54) is 0 Å². The number of amides is 2. The molecule has 0 saturated heterocycles. The molecule has 7 nitrogen and oxygen atoms in total. The van der Waals surface area contributed by atoms with Gasteiger partial charge in [0.2, 0.25) is 0 Å². The fourth-order valence-electron chi connectivity index (χ4n) is 5.22. The quantitative estimate of drug-likeness (QED) is 0.182. The molecule has 0 radical (unpaired) electrons. The molecular weight excluding hydrogens is 576 g/mol. The molecule has 2 amide bonds. The first kappa shape index (κ1) is 32.8. The second-order valence-corrected chi connectivity index (χ2v) is 12.8. The van der Waals surface area contributed by atoms with Crippen LogP contribution in [0.25, 0.3) is 11.0 Å². The van der Waals surface area contributed by atoms with Crippen molar-refractivity contribution in [2.24, 2.45) is 5.92 Å². The number of nitrogens with zero attached hydrogens (tertiary/aromatic N) is 1. The van der Waals surface area contributed by atoms with Gasteiger partial charge in [0.05, 0.1) is 11.4 Å². The molecule has 4 aromatic rings. The highest BCUT2D eigenvalue weighted by Gasteiger charge is 2.34. The Labute approximate surface area is 264 Å². The first-order valence-electron chi connectivity index (χ1n) is 15.0. The smallest absolute Gasteiger partial charge is 0.407 e. The molecule has 1 aromatic heterocycles. The SMILES string of the molecule is Cc1ccc(C(=O)N(CCCNC(=O)OC(C)(C)C)C(c2oc3cc(Cl)ccc3c(=O)c2Cc2ccccc2)C(C)C)cc1. The molecule has 3 aromatic carbocycles. The molecule has 1 N–H and O–H groups in total. The zero-order chi connectivity index (χ0) is 32.0. The summed E-state index contributed by atoms with van der Waals surface area (Å²) in [5.74, 6) is 0.113. The normalized spacial score (nSPS) is 12.3. The van der Waals surface area contributed by atoms with E-state index in [4.69, 9.17) is 20.8 Å². The van der Waals surface area contributed by atoms with Crippen molar-refractivity contribution in [2.75, 3.05) is 13.1 Å². The Kier molecular flexibility index (Phi) is 10.5. The molecule has 0 aliphatic rings. The minimum atomic E-state index is -0.619. The van der Waals surface area contributed by atoms with Gasteiger partial charge in [-0.15, -0.1) is 0 Å². The van der Waals surface area contributed by atoms with Crippen molar-refractivity contribution >= 4 is 34.6 Å². The van der Waals surface area contributed by atoms with Gasteiger partial charge in [-0.05, 0) is 69.9 Å². The van der Waals surface area contributed by atoms with Crippen LogP contribution in [0.3, 0.4) is 0 Å². The predicted molar refractivity (Wildman–Crippen MR) is 175 cm³/mol. The van der Waals surface area contributed by atoms with Gasteiger partial charge < -0.3 is 19.4 Å². The number of aryl methyl sites for hydroxylation is 1. The minimum absolute atomic E-state index is 0.127. The number of nitrogens with one attached hydrogen (secondary N) is 1. The first-order chi connectivity index (χ1) is 20.8. The van der Waals surface area contributed by atoms with Crippen LogP contribution in [0.15, 0.2) is 82.0 Å². The second kappa shape index (κ2) is 14.1. The molecule has 0 bridgehead atoms. The topological polar surface area (TPSA) is 88.8 Å². The van der Waals surface area contributed by atoms with Crippen LogP contribution >= 0.6 is 11.6 Å². The van der Waals surface area contributed by atoms with Crippen molar-refractivity contribution in [3.8, 4) is 0 Å². The highest BCUT2D eigenvalue weighted by Crippen LogP contribution is 2.35. The summed E-state index contributed by atoms with van der Waals surface area (Å²) in [6.07, 6.45) is 0.280. The highest BCUT2D eigenvalue weighted by molar-refractivity contribution is 6.31. The Morgan fingerprint density at radius 2 is 1.68 bits per heavy atom. The van der Waals surface area contributed by atoms with Crippen LogP contribution < -0.4 is 10.7 Å². The van der Waals surface area contributed by atoms with Crippen LogP contribution in [0.4, 0.5) is 4.79 Å². The molecule has 0 fully saturated rings. The largest absolute Gasteiger partial charge is 0.458 e. The van der Waals surface area contributed by atoms with Gasteiger partial charge in [-0.2, -0.15) is 0 Å². The van der Waals surface area contributed by atoms with E-state index in [1.807, 2.05) is 75.4 Å². The second-order valence-electron chi connectivity index (χ2n) is 12.4. The van der Waals surface area contributed by atoms with E-state index in [2.05, 4.69) is 5.32 Å². The van der Waals surface area contributed by atoms with E-state index < -0.39 is 17.7 Å². The lowest BCUT2D eigenvalue weighted by Crippen LogP contribution is -2.41. The number of halogens is 1. The summed E-state index contributed by atoms with van der Waals surface area (Å²) in [6, 6.07) is 21.6. The molecule has 0 spiro atoms. The summed E-state index contributed by atoms with van der Waals surface area (Å²) in [7, 11) is 0. The molecule has 0 aliphatic heterocycles. The van der Waals surface area contributed by atoms with Gasteiger partial charge in [0, 0.05) is 41.7 Å². The van der Waals surface area contributed by atoms with Gasteiger partial charge in [-0.3, -0.25) is 9.59 Å². The number of alkyl carbamates (subject to hydrolysis) is 1. The average molecular weight is 617 g/mol. The van der Waals surface area contributed by atoms with E-state index in [-0.39, 0.29) is 17.3 Å². The Morgan fingerprint density at radius 3 is 2.32 bits per heavy atom. The standard InChI is InChI=1S/C36H41ClN2O5/c1-23(2)31(33-29(21-25-11-8-7-9-12-25)32(40)28-18-17-27(37)22-30(28)43-33)39(34(41)26-15-13-24(3)14-16-26)20-10-19-38-35(42)44-36(4,5)6/h7-9,11-18,22-23,31H,10,19-21H2,1-6H3,(H,38,42). The van der Waals surface area contributed by atoms with Gasteiger partial charge >= 0.3 is 6.09 Å². The molecule has 8 heteroatoms. The van der Waals surface area contributed by atoms with Gasteiger partial charge in [0.1, 0.15) is 16.9 Å². The van der Waals surface area contributed by atoms with E-state index in [9.17, 15) is 14.4 Å². The summed E-state index contributed by atoms with van der Waals surface area (Å²) in [4.78, 5) is 42.4. The molecule has 4 rings (SSSR count). The number of rotatable bonds is 10. The van der Waals surface area contributed by atoms with Crippen molar-refractivity contribution in [1.29, 1.82) is 0 Å². The summed E-state index contributed by atoms with van der Waals surface area (Å²) in [5.41, 5.74) is 2.62. The van der Waals surface area contributed by atoms with Gasteiger partial charge in [0.25, 0.3) is 5.91 Å². The van der Waals surface area contributed by atoms with Gasteiger partial charge in [0.15, 0.2) is 5.43 Å². The fourth-order valence-corrected chi connectivity index (χ4v) is 5.38. The lowest BCUT2D eigenvalue weighted by atomic mass is 9.91. The molecule has 1 atom stereocenters. The number of hydrogen-bond donors (Lipinski definition) is 1. The summed E-state index contributed by atoms with van der Waals surface area (Å²) in [5, 5.41) is 3.67. The maximum atomic E-state index is 14.2. The fraction of sp³-hybridized carbons (Fsp3) is 0.361. The third kappa shape index (κ3) is 8.29. The molecule has 0 saturated carbocycles. The maximum absolute atomic E-state index is 14.2. The van der Waals surface area contributed by atoms with Crippen LogP contribution in [-0.2, 0) is 11.2 Å². The Hall–Kier alpha value is -4.10. The van der Waals surface area contributed by atoms with Crippen molar-refractivity contribution in [3.63, 3.8) is 0 Å². The summed E-state index contributed by atoms with van der Waals surface area (Å²) >= 11 is 6.32. The highest BCUT2D eigenvalue weighted by atomic mass is 35.5. The number of carbonyl (C=O) groups excluding carboxylic acids is 2. The Morgan fingerprint density at radius 1 is 1.00 bits per heavy atom. The van der Waals surface area contributed by atoms with E-state index >= 15 is 0 Å². The van der Waals surface area contributed by atoms with E-state index in [0.717, 1.165) is 11.1 Å². The van der Waals surface area contributed by atoms with Crippen LogP contribution in [-0.4, -0.2) is 35.6 Å². The zero-order valence-electron chi connectivity index (χ0n) is 26.3. The lowest BCUT2D eigenvalue weighted by Gasteiger charge is -2.35. The lowest BCUT2D eigenvalue weighted by molar-refractivity contribution is 0.0517. The summed E-state index contributed by atoms with van der Waals surface area (Å²) in [6.45, 7) is 12.0. The van der Waals surface area contributed by atoms with Crippen LogP contribution in [0.2, 0.25) is 5.02 Å². The number of ether oxygens (including phenoxy) is 1. The molecule has 44 heavy (non-hydrogen) atoms. The molecule has 1 unspecified atom stereocenters. The average Bonchev–Trinajstić information content (AvgIpc) is 2.95. The Balaban J connectivity index is 1.80. The number of benzene rings is 3.